The normalized spacial score (nSPS) is 15.6. The summed E-state index contributed by atoms with van der Waals surface area (Å²) >= 11 is 0. The second-order valence-corrected chi connectivity index (χ2v) is 8.44. The van der Waals surface area contributed by atoms with Crippen molar-refractivity contribution in [2.75, 3.05) is 58.8 Å². The summed E-state index contributed by atoms with van der Waals surface area (Å²) in [5, 5.41) is 2.50. The van der Waals surface area contributed by atoms with Crippen LogP contribution in [-0.4, -0.2) is 63.7 Å². The van der Waals surface area contributed by atoms with Crippen molar-refractivity contribution >= 4 is 22.5 Å². The molecule has 0 bridgehead atoms. The van der Waals surface area contributed by atoms with Gasteiger partial charge in [-0.05, 0) is 34.7 Å². The molecule has 0 unspecified atom stereocenters. The summed E-state index contributed by atoms with van der Waals surface area (Å²) in [7, 11) is 5.89. The highest BCUT2D eigenvalue weighted by atomic mass is 16.5. The van der Waals surface area contributed by atoms with Gasteiger partial charge in [-0.1, -0.05) is 54.6 Å². The average molecular weight is 416 g/mol. The Hall–Kier alpha value is -2.82. The lowest BCUT2D eigenvalue weighted by Crippen LogP contribution is -2.45. The quantitative estimate of drug-likeness (QED) is 0.554. The molecule has 1 saturated heterocycles. The molecule has 0 atom stereocenters. The summed E-state index contributed by atoms with van der Waals surface area (Å²) in [5.74, 6) is 0.951. The summed E-state index contributed by atoms with van der Waals surface area (Å²) in [6, 6.07) is 21.6. The van der Waals surface area contributed by atoms with E-state index >= 15 is 0 Å². The monoisotopic (exact) mass is 415 g/mol. The Balaban J connectivity index is 1.30. The number of rotatable bonds is 7. The minimum absolute atomic E-state index is 0.951. The van der Waals surface area contributed by atoms with Gasteiger partial charge in [-0.25, -0.2) is 0 Å². The van der Waals surface area contributed by atoms with Crippen molar-refractivity contribution in [3.8, 4) is 5.75 Å². The number of hydrogen-bond acceptors (Lipinski definition) is 4. The van der Waals surface area contributed by atoms with E-state index in [9.17, 15) is 0 Å². The smallest absolute Gasteiger partial charge is 0.126 e. The molecule has 0 aromatic heterocycles. The SMILES string of the molecule is COc1ccc(CN2CCN(C/C=C/c3ccc(N(C)C)cc3)CC2)c2ccccc12. The van der Waals surface area contributed by atoms with Gasteiger partial charge in [0, 0.05) is 64.4 Å². The van der Waals surface area contributed by atoms with Gasteiger partial charge in [0.2, 0.25) is 0 Å². The van der Waals surface area contributed by atoms with Crippen LogP contribution in [0.3, 0.4) is 0 Å². The van der Waals surface area contributed by atoms with Crippen molar-refractivity contribution in [3.63, 3.8) is 0 Å². The van der Waals surface area contributed by atoms with Crippen LogP contribution in [0.15, 0.2) is 66.7 Å². The zero-order valence-corrected chi connectivity index (χ0v) is 18.9. The van der Waals surface area contributed by atoms with Gasteiger partial charge in [0.05, 0.1) is 7.11 Å². The van der Waals surface area contributed by atoms with Crippen molar-refractivity contribution in [1.82, 2.24) is 9.80 Å². The van der Waals surface area contributed by atoms with Gasteiger partial charge in [0.15, 0.2) is 0 Å². The second kappa shape index (κ2) is 9.99. The third kappa shape index (κ3) is 5.27. The van der Waals surface area contributed by atoms with E-state index in [1.165, 1.54) is 27.6 Å². The number of anilines is 1. The van der Waals surface area contributed by atoms with Crippen LogP contribution in [-0.2, 0) is 6.54 Å². The summed E-state index contributed by atoms with van der Waals surface area (Å²) in [5.41, 5.74) is 3.87. The van der Waals surface area contributed by atoms with Crippen molar-refractivity contribution in [2.45, 2.75) is 6.54 Å². The summed E-state index contributed by atoms with van der Waals surface area (Å²) in [4.78, 5) is 7.23. The standard InChI is InChI=1S/C27H33N3O/c1-28(2)24-13-10-22(11-14-24)7-6-16-29-17-19-30(20-18-29)21-23-12-15-27(31-3)26-9-5-4-8-25(23)26/h4-15H,16-21H2,1-3H3/b7-6+. The summed E-state index contributed by atoms with van der Waals surface area (Å²) in [6.07, 6.45) is 4.52. The molecule has 162 valence electrons. The predicted molar refractivity (Wildman–Crippen MR) is 132 cm³/mol. The molecule has 1 aliphatic heterocycles. The van der Waals surface area contributed by atoms with E-state index < -0.39 is 0 Å². The summed E-state index contributed by atoms with van der Waals surface area (Å²) in [6.45, 7) is 6.43. The van der Waals surface area contributed by atoms with Gasteiger partial charge in [0.1, 0.15) is 5.75 Å². The molecule has 0 N–H and O–H groups in total. The molecule has 0 aliphatic carbocycles. The topological polar surface area (TPSA) is 19.0 Å². The second-order valence-electron chi connectivity index (χ2n) is 8.44. The molecule has 4 nitrogen and oxygen atoms in total. The van der Waals surface area contributed by atoms with Crippen LogP contribution in [0, 0.1) is 0 Å². The Morgan fingerprint density at radius 3 is 2.19 bits per heavy atom. The molecule has 4 rings (SSSR count). The Kier molecular flexibility index (Phi) is 6.90. The maximum atomic E-state index is 5.54. The van der Waals surface area contributed by atoms with E-state index in [0.717, 1.165) is 45.0 Å². The van der Waals surface area contributed by atoms with E-state index in [2.05, 4.69) is 102 Å². The highest BCUT2D eigenvalue weighted by molar-refractivity contribution is 5.91. The average Bonchev–Trinajstić information content (AvgIpc) is 2.81. The number of nitrogens with zero attached hydrogens (tertiary/aromatic N) is 3. The Labute approximate surface area is 186 Å². The zero-order chi connectivity index (χ0) is 21.6. The van der Waals surface area contributed by atoms with Gasteiger partial charge < -0.3 is 9.64 Å². The molecule has 1 heterocycles. The molecular formula is C27H33N3O. The lowest BCUT2D eigenvalue weighted by molar-refractivity contribution is 0.137. The fourth-order valence-corrected chi connectivity index (χ4v) is 4.24. The lowest BCUT2D eigenvalue weighted by Gasteiger charge is -2.34. The van der Waals surface area contributed by atoms with Crippen molar-refractivity contribution < 1.29 is 4.74 Å². The zero-order valence-electron chi connectivity index (χ0n) is 18.9. The summed E-state index contributed by atoms with van der Waals surface area (Å²) < 4.78 is 5.54. The number of ether oxygens (including phenoxy) is 1. The van der Waals surface area contributed by atoms with Crippen LogP contribution in [0.2, 0.25) is 0 Å². The van der Waals surface area contributed by atoms with E-state index in [0.29, 0.717) is 0 Å². The molecule has 0 spiro atoms. The molecule has 3 aromatic rings. The molecule has 1 fully saturated rings. The third-order valence-electron chi connectivity index (χ3n) is 6.14. The van der Waals surface area contributed by atoms with Crippen LogP contribution in [0.1, 0.15) is 11.1 Å². The van der Waals surface area contributed by atoms with Crippen LogP contribution in [0.25, 0.3) is 16.8 Å². The fourth-order valence-electron chi connectivity index (χ4n) is 4.24. The fraction of sp³-hybridized carbons (Fsp3) is 0.333. The highest BCUT2D eigenvalue weighted by Gasteiger charge is 2.17. The molecule has 0 amide bonds. The van der Waals surface area contributed by atoms with Crippen molar-refractivity contribution in [3.05, 3.63) is 77.9 Å². The number of hydrogen-bond donors (Lipinski definition) is 0. The first-order valence-corrected chi connectivity index (χ1v) is 11.1. The minimum atomic E-state index is 0.951. The van der Waals surface area contributed by atoms with E-state index in [-0.39, 0.29) is 0 Å². The van der Waals surface area contributed by atoms with Gasteiger partial charge in [-0.3, -0.25) is 9.80 Å². The van der Waals surface area contributed by atoms with Crippen LogP contribution < -0.4 is 9.64 Å². The largest absolute Gasteiger partial charge is 0.496 e. The van der Waals surface area contributed by atoms with Gasteiger partial charge in [-0.15, -0.1) is 0 Å². The molecular weight excluding hydrogens is 382 g/mol. The number of methoxy groups -OCH3 is 1. The van der Waals surface area contributed by atoms with Crippen molar-refractivity contribution in [1.29, 1.82) is 0 Å². The first-order valence-electron chi connectivity index (χ1n) is 11.1. The Morgan fingerprint density at radius 2 is 1.52 bits per heavy atom. The van der Waals surface area contributed by atoms with Crippen LogP contribution in [0.4, 0.5) is 5.69 Å². The maximum Gasteiger partial charge on any atom is 0.126 e. The van der Waals surface area contributed by atoms with Gasteiger partial charge in [-0.2, -0.15) is 0 Å². The van der Waals surface area contributed by atoms with E-state index in [4.69, 9.17) is 4.74 Å². The number of benzene rings is 3. The van der Waals surface area contributed by atoms with Crippen LogP contribution in [0.5, 0.6) is 5.75 Å². The molecule has 3 aromatic carbocycles. The molecule has 31 heavy (non-hydrogen) atoms. The first-order chi connectivity index (χ1) is 15.1. The highest BCUT2D eigenvalue weighted by Crippen LogP contribution is 2.29. The predicted octanol–water partition coefficient (Wildman–Crippen LogP) is 4.75. The van der Waals surface area contributed by atoms with E-state index in [1.807, 2.05) is 0 Å². The number of piperazine rings is 1. The Bertz CT molecular complexity index is 1020. The number of fused-ring (bicyclic) bond motifs is 1. The van der Waals surface area contributed by atoms with E-state index in [1.54, 1.807) is 7.11 Å². The van der Waals surface area contributed by atoms with Gasteiger partial charge >= 0.3 is 0 Å². The molecule has 1 aliphatic rings. The van der Waals surface area contributed by atoms with Crippen molar-refractivity contribution in [2.24, 2.45) is 0 Å². The maximum absolute atomic E-state index is 5.54. The van der Waals surface area contributed by atoms with Gasteiger partial charge in [0.25, 0.3) is 0 Å². The minimum Gasteiger partial charge on any atom is -0.496 e. The molecule has 4 heteroatoms. The lowest BCUT2D eigenvalue weighted by atomic mass is 10.0. The Morgan fingerprint density at radius 1 is 0.839 bits per heavy atom. The first kappa shape index (κ1) is 21.4. The molecule has 0 radical (unpaired) electrons. The van der Waals surface area contributed by atoms with Crippen LogP contribution >= 0.6 is 0 Å². The molecule has 0 saturated carbocycles. The third-order valence-corrected chi connectivity index (χ3v) is 6.14.